The van der Waals surface area contributed by atoms with Gasteiger partial charge in [-0.3, -0.25) is 4.79 Å². The molecule has 1 N–H and O–H groups in total. The lowest BCUT2D eigenvalue weighted by atomic mass is 9.94. The van der Waals surface area contributed by atoms with Crippen molar-refractivity contribution in [2.45, 2.75) is 45.3 Å². The number of rotatable bonds is 7. The van der Waals surface area contributed by atoms with Crippen molar-refractivity contribution in [2.75, 3.05) is 26.4 Å². The third-order valence-electron chi connectivity index (χ3n) is 4.57. The molecule has 1 heterocycles. The summed E-state index contributed by atoms with van der Waals surface area (Å²) in [7, 11) is 0. The number of hydrogen-bond donors (Lipinski definition) is 1. The van der Waals surface area contributed by atoms with Gasteiger partial charge in [-0.2, -0.15) is 0 Å². The largest absolute Gasteiger partial charge is 0.480 e. The quantitative estimate of drug-likeness (QED) is 0.713. The molecule has 1 aliphatic heterocycles. The molecule has 6 nitrogen and oxygen atoms in total. The average molecular weight is 299 g/mol. The second-order valence-electron chi connectivity index (χ2n) is 5.84. The van der Waals surface area contributed by atoms with Gasteiger partial charge in [0.25, 0.3) is 5.91 Å². The van der Waals surface area contributed by atoms with Gasteiger partial charge in [0, 0.05) is 13.2 Å². The fourth-order valence-corrected chi connectivity index (χ4v) is 3.58. The topological polar surface area (TPSA) is 76.1 Å². The first-order chi connectivity index (χ1) is 10.1. The van der Waals surface area contributed by atoms with E-state index in [9.17, 15) is 14.7 Å². The Morgan fingerprint density at radius 3 is 2.76 bits per heavy atom. The van der Waals surface area contributed by atoms with E-state index in [1.807, 2.05) is 6.92 Å². The first-order valence-electron chi connectivity index (χ1n) is 7.78. The molecule has 2 fully saturated rings. The zero-order valence-electron chi connectivity index (χ0n) is 12.8. The Hall–Kier alpha value is -1.14. The molecule has 0 spiro atoms. The fraction of sp³-hybridized carbons (Fsp3) is 0.867. The number of carbonyl (C=O) groups is 2. The molecule has 6 heteroatoms. The zero-order valence-corrected chi connectivity index (χ0v) is 12.8. The van der Waals surface area contributed by atoms with Gasteiger partial charge in [0.1, 0.15) is 12.1 Å². The summed E-state index contributed by atoms with van der Waals surface area (Å²) in [6.07, 6.45) is 2.38. The van der Waals surface area contributed by atoms with Crippen molar-refractivity contribution in [3.05, 3.63) is 0 Å². The summed E-state index contributed by atoms with van der Waals surface area (Å²) >= 11 is 0. The Morgan fingerprint density at radius 1 is 1.33 bits per heavy atom. The maximum atomic E-state index is 12.5. The number of aliphatic carboxylic acids is 1. The molecule has 1 saturated heterocycles. The van der Waals surface area contributed by atoms with Crippen LogP contribution in [0.3, 0.4) is 0 Å². The average Bonchev–Trinajstić information content (AvgIpc) is 3.02. The molecule has 0 aromatic rings. The van der Waals surface area contributed by atoms with Crippen LogP contribution in [-0.2, 0) is 19.1 Å². The lowest BCUT2D eigenvalue weighted by molar-refractivity contribution is -0.155. The summed E-state index contributed by atoms with van der Waals surface area (Å²) < 4.78 is 10.6. The van der Waals surface area contributed by atoms with Gasteiger partial charge in [-0.15, -0.1) is 0 Å². The minimum absolute atomic E-state index is 0.113. The molecular weight excluding hydrogens is 274 g/mol. The first kappa shape index (κ1) is 16.2. The smallest absolute Gasteiger partial charge is 0.326 e. The van der Waals surface area contributed by atoms with Crippen LogP contribution in [0.2, 0.25) is 0 Å². The van der Waals surface area contributed by atoms with Crippen molar-refractivity contribution in [3.8, 4) is 0 Å². The molecule has 1 amide bonds. The number of ether oxygens (including phenoxy) is 2. The first-order valence-corrected chi connectivity index (χ1v) is 7.78. The minimum Gasteiger partial charge on any atom is -0.480 e. The van der Waals surface area contributed by atoms with E-state index in [2.05, 4.69) is 0 Å². The number of nitrogens with zero attached hydrogens (tertiary/aromatic N) is 1. The van der Waals surface area contributed by atoms with E-state index >= 15 is 0 Å². The summed E-state index contributed by atoms with van der Waals surface area (Å²) in [5.41, 5.74) is 0. The highest BCUT2D eigenvalue weighted by atomic mass is 16.5. The maximum absolute atomic E-state index is 12.5. The van der Waals surface area contributed by atoms with Crippen LogP contribution in [0.25, 0.3) is 0 Å². The van der Waals surface area contributed by atoms with Gasteiger partial charge in [-0.25, -0.2) is 4.79 Å². The summed E-state index contributed by atoms with van der Waals surface area (Å²) in [4.78, 5) is 25.5. The van der Waals surface area contributed by atoms with Crippen LogP contribution >= 0.6 is 0 Å². The third-order valence-corrected chi connectivity index (χ3v) is 4.57. The molecule has 1 saturated carbocycles. The van der Waals surface area contributed by atoms with Crippen molar-refractivity contribution < 1.29 is 24.2 Å². The summed E-state index contributed by atoms with van der Waals surface area (Å²) in [5, 5.41) is 9.45. The number of carboxylic acid groups (broad SMARTS) is 1. The molecule has 1 aliphatic carbocycles. The lowest BCUT2D eigenvalue weighted by Crippen LogP contribution is -2.47. The van der Waals surface area contributed by atoms with E-state index in [-0.39, 0.29) is 11.8 Å². The van der Waals surface area contributed by atoms with Gasteiger partial charge in [-0.05, 0) is 38.5 Å². The Kier molecular flexibility index (Phi) is 5.58. The normalized spacial score (nSPS) is 29.4. The third kappa shape index (κ3) is 3.55. The number of carbonyl (C=O) groups excluding carboxylic acids is 1. The van der Waals surface area contributed by atoms with Crippen LogP contribution in [0.4, 0.5) is 0 Å². The molecule has 4 unspecified atom stereocenters. The number of carboxylic acids is 1. The molecule has 0 bridgehead atoms. The van der Waals surface area contributed by atoms with Crippen molar-refractivity contribution in [2.24, 2.45) is 11.8 Å². The van der Waals surface area contributed by atoms with E-state index in [1.165, 1.54) is 4.90 Å². The van der Waals surface area contributed by atoms with Crippen molar-refractivity contribution in [3.63, 3.8) is 0 Å². The second kappa shape index (κ2) is 7.22. The van der Waals surface area contributed by atoms with Gasteiger partial charge >= 0.3 is 5.97 Å². The Labute approximate surface area is 125 Å². The molecule has 2 rings (SSSR count). The molecule has 120 valence electrons. The summed E-state index contributed by atoms with van der Waals surface area (Å²) in [6.45, 7) is 5.54. The van der Waals surface area contributed by atoms with Crippen LogP contribution in [-0.4, -0.2) is 60.4 Å². The van der Waals surface area contributed by atoms with Gasteiger partial charge in [0.2, 0.25) is 0 Å². The number of amides is 1. The molecule has 0 aromatic carbocycles. The maximum Gasteiger partial charge on any atom is 0.326 e. The standard InChI is InChI=1S/C15H25NO5/c1-3-20-7-8-21-10(2)14(17)16-9-11-5-4-6-12(11)13(16)15(18)19/h10-13H,3-9H2,1-2H3,(H,18,19). The summed E-state index contributed by atoms with van der Waals surface area (Å²) in [5.74, 6) is -0.652. The number of fused-ring (bicyclic) bond motifs is 1. The molecule has 21 heavy (non-hydrogen) atoms. The van der Waals surface area contributed by atoms with Crippen molar-refractivity contribution in [1.82, 2.24) is 4.90 Å². The predicted molar refractivity (Wildman–Crippen MR) is 75.9 cm³/mol. The molecular formula is C15H25NO5. The van der Waals surface area contributed by atoms with Crippen LogP contribution in [0.15, 0.2) is 0 Å². The molecule has 0 radical (unpaired) electrons. The Morgan fingerprint density at radius 2 is 2.10 bits per heavy atom. The zero-order chi connectivity index (χ0) is 15.4. The second-order valence-corrected chi connectivity index (χ2v) is 5.84. The monoisotopic (exact) mass is 299 g/mol. The Bertz CT molecular complexity index is 386. The van der Waals surface area contributed by atoms with Crippen LogP contribution in [0.5, 0.6) is 0 Å². The number of likely N-dealkylation sites (tertiary alicyclic amines) is 1. The highest BCUT2D eigenvalue weighted by Gasteiger charge is 2.50. The lowest BCUT2D eigenvalue weighted by Gasteiger charge is -2.27. The fourth-order valence-electron chi connectivity index (χ4n) is 3.58. The minimum atomic E-state index is -0.890. The van der Waals surface area contributed by atoms with E-state index < -0.39 is 18.1 Å². The van der Waals surface area contributed by atoms with Crippen LogP contribution in [0.1, 0.15) is 33.1 Å². The van der Waals surface area contributed by atoms with Gasteiger partial charge in [0.15, 0.2) is 0 Å². The highest BCUT2D eigenvalue weighted by Crippen LogP contribution is 2.42. The van der Waals surface area contributed by atoms with Gasteiger partial charge in [-0.1, -0.05) is 6.42 Å². The predicted octanol–water partition coefficient (Wildman–Crippen LogP) is 1.14. The van der Waals surface area contributed by atoms with E-state index in [0.29, 0.717) is 32.3 Å². The Balaban J connectivity index is 1.92. The van der Waals surface area contributed by atoms with Crippen LogP contribution in [0, 0.1) is 11.8 Å². The van der Waals surface area contributed by atoms with E-state index in [0.717, 1.165) is 19.3 Å². The van der Waals surface area contributed by atoms with Gasteiger partial charge < -0.3 is 19.5 Å². The summed E-state index contributed by atoms with van der Waals surface area (Å²) in [6, 6.07) is -0.678. The van der Waals surface area contributed by atoms with Crippen molar-refractivity contribution >= 4 is 11.9 Å². The van der Waals surface area contributed by atoms with Gasteiger partial charge in [0.05, 0.1) is 13.2 Å². The molecule has 4 atom stereocenters. The molecule has 0 aromatic heterocycles. The number of hydrogen-bond acceptors (Lipinski definition) is 4. The highest BCUT2D eigenvalue weighted by molar-refractivity contribution is 5.87. The van der Waals surface area contributed by atoms with Crippen LogP contribution < -0.4 is 0 Å². The SMILES string of the molecule is CCOCCOC(C)C(=O)N1CC2CCCC2C1C(=O)O. The van der Waals surface area contributed by atoms with Crippen molar-refractivity contribution in [1.29, 1.82) is 0 Å². The van der Waals surface area contributed by atoms with E-state index in [1.54, 1.807) is 6.92 Å². The van der Waals surface area contributed by atoms with E-state index in [4.69, 9.17) is 9.47 Å². The molecule has 2 aliphatic rings.